The number of halogens is 1. The fraction of sp³-hybridized carbons (Fsp3) is 0.200. The number of carbonyl (C=O) groups excluding carboxylic acids is 1. The van der Waals surface area contributed by atoms with Crippen LogP contribution in [0.2, 0.25) is 0 Å². The highest BCUT2D eigenvalue weighted by Crippen LogP contribution is 2.33. The van der Waals surface area contributed by atoms with Gasteiger partial charge in [-0.3, -0.25) is 4.79 Å². The van der Waals surface area contributed by atoms with Crippen LogP contribution < -0.4 is 19.8 Å². The Kier molecular flexibility index (Phi) is 5.37. The average Bonchev–Trinajstić information content (AvgIpc) is 2.66. The van der Waals surface area contributed by atoms with Gasteiger partial charge in [0.1, 0.15) is 28.2 Å². The Morgan fingerprint density at radius 2 is 1.74 bits per heavy atom. The summed E-state index contributed by atoms with van der Waals surface area (Å²) in [5.41, 5.74) is 0.623. The van der Waals surface area contributed by atoms with E-state index >= 15 is 0 Å². The molecule has 0 spiro atoms. The molecule has 1 heterocycles. The summed E-state index contributed by atoms with van der Waals surface area (Å²) in [7, 11) is 3.06. The first-order valence-corrected chi connectivity index (χ1v) is 8.52. The number of esters is 1. The van der Waals surface area contributed by atoms with Crippen LogP contribution in [0.1, 0.15) is 6.92 Å². The Bertz CT molecular complexity index is 1050. The monoisotopic (exact) mass is 388 g/mol. The second kappa shape index (κ2) is 7.72. The summed E-state index contributed by atoms with van der Waals surface area (Å²) in [5.74, 6) is 0.762. The number of rotatable bonds is 5. The van der Waals surface area contributed by atoms with Crippen molar-refractivity contribution in [3.05, 3.63) is 52.9 Å². The van der Waals surface area contributed by atoms with Crippen LogP contribution in [0.5, 0.6) is 17.2 Å². The van der Waals surface area contributed by atoms with E-state index in [9.17, 15) is 9.59 Å². The summed E-state index contributed by atoms with van der Waals surface area (Å²) in [6.45, 7) is 1.51. The maximum atomic E-state index is 12.6. The van der Waals surface area contributed by atoms with Gasteiger partial charge < -0.3 is 18.6 Å². The number of methoxy groups -OCH3 is 2. The lowest BCUT2D eigenvalue weighted by molar-refractivity contribution is -0.133. The first-order valence-electron chi connectivity index (χ1n) is 8.09. The summed E-state index contributed by atoms with van der Waals surface area (Å²) in [6, 6.07) is 11.6. The van der Waals surface area contributed by atoms with E-state index in [-0.39, 0.29) is 11.3 Å². The van der Waals surface area contributed by atoms with Crippen LogP contribution in [0.25, 0.3) is 22.1 Å². The number of ether oxygens (including phenoxy) is 3. The van der Waals surface area contributed by atoms with Gasteiger partial charge in [0.2, 0.25) is 0 Å². The van der Waals surface area contributed by atoms with E-state index < -0.39 is 17.0 Å². The van der Waals surface area contributed by atoms with E-state index in [1.807, 2.05) is 0 Å². The molecule has 6 nitrogen and oxygen atoms in total. The Hall–Kier alpha value is -2.99. The summed E-state index contributed by atoms with van der Waals surface area (Å²) >= 11 is 5.69. The zero-order valence-electron chi connectivity index (χ0n) is 14.9. The van der Waals surface area contributed by atoms with Gasteiger partial charge in [-0.05, 0) is 43.3 Å². The minimum atomic E-state index is -0.782. The van der Waals surface area contributed by atoms with Crippen LogP contribution in [0.3, 0.4) is 0 Å². The summed E-state index contributed by atoms with van der Waals surface area (Å²) in [4.78, 5) is 24.2. The largest absolute Gasteiger partial charge is 0.497 e. The molecule has 0 saturated heterocycles. The van der Waals surface area contributed by atoms with Crippen LogP contribution in [-0.4, -0.2) is 25.6 Å². The lowest BCUT2D eigenvalue weighted by Crippen LogP contribution is -2.17. The first kappa shape index (κ1) is 18.8. The van der Waals surface area contributed by atoms with Crippen LogP contribution in [0.4, 0.5) is 0 Å². The molecule has 0 N–H and O–H groups in total. The molecule has 0 radical (unpaired) electrons. The van der Waals surface area contributed by atoms with Gasteiger partial charge in [-0.1, -0.05) is 0 Å². The van der Waals surface area contributed by atoms with E-state index in [1.54, 1.807) is 43.5 Å². The van der Waals surface area contributed by atoms with Crippen molar-refractivity contribution in [1.82, 2.24) is 0 Å². The number of alkyl halides is 1. The van der Waals surface area contributed by atoms with Gasteiger partial charge in [-0.15, -0.1) is 11.6 Å². The summed E-state index contributed by atoms with van der Waals surface area (Å²) < 4.78 is 21.1. The topological polar surface area (TPSA) is 75.0 Å². The Morgan fingerprint density at radius 1 is 1.00 bits per heavy atom. The van der Waals surface area contributed by atoms with Crippen molar-refractivity contribution >= 4 is 28.5 Å². The second-order valence-electron chi connectivity index (χ2n) is 5.75. The number of hydrogen-bond donors (Lipinski definition) is 0. The molecular weight excluding hydrogens is 372 g/mol. The highest BCUT2D eigenvalue weighted by Gasteiger charge is 2.16. The molecule has 0 aliphatic rings. The SMILES string of the molecule is COc1ccc(OC)c(-c2cc3ccc(OC(=O)C(C)Cl)cc3oc2=O)c1. The zero-order chi connectivity index (χ0) is 19.6. The van der Waals surface area contributed by atoms with Gasteiger partial charge >= 0.3 is 11.6 Å². The number of hydrogen-bond acceptors (Lipinski definition) is 6. The predicted octanol–water partition coefficient (Wildman–Crippen LogP) is 4.01. The van der Waals surface area contributed by atoms with Gasteiger partial charge in [0.05, 0.1) is 19.8 Å². The van der Waals surface area contributed by atoms with Gasteiger partial charge in [0, 0.05) is 17.0 Å². The molecule has 2 aromatic carbocycles. The van der Waals surface area contributed by atoms with Crippen LogP contribution in [-0.2, 0) is 4.79 Å². The molecular formula is C20H17ClO6. The lowest BCUT2D eigenvalue weighted by atomic mass is 10.0. The second-order valence-corrected chi connectivity index (χ2v) is 6.41. The van der Waals surface area contributed by atoms with Crippen LogP contribution >= 0.6 is 11.6 Å². The van der Waals surface area contributed by atoms with Crippen molar-refractivity contribution in [2.45, 2.75) is 12.3 Å². The molecule has 0 fully saturated rings. The van der Waals surface area contributed by atoms with Gasteiger partial charge in [-0.2, -0.15) is 0 Å². The molecule has 3 rings (SSSR count). The van der Waals surface area contributed by atoms with Gasteiger partial charge in [0.15, 0.2) is 0 Å². The standard InChI is InChI=1S/C20H17ClO6/c1-11(21)19(22)26-14-5-4-12-8-16(20(23)27-18(12)10-14)15-9-13(24-2)6-7-17(15)25-3/h4-11H,1-3H3. The van der Waals surface area contributed by atoms with Crippen molar-refractivity contribution < 1.29 is 23.4 Å². The van der Waals surface area contributed by atoms with E-state index in [1.165, 1.54) is 20.1 Å². The van der Waals surface area contributed by atoms with Gasteiger partial charge in [-0.25, -0.2) is 4.79 Å². The van der Waals surface area contributed by atoms with Crippen LogP contribution in [0, 0.1) is 0 Å². The number of benzene rings is 2. The number of carbonyl (C=O) groups is 1. The van der Waals surface area contributed by atoms with E-state index in [2.05, 4.69) is 0 Å². The molecule has 7 heteroatoms. The normalized spacial score (nSPS) is 11.9. The zero-order valence-corrected chi connectivity index (χ0v) is 15.7. The molecule has 0 saturated carbocycles. The molecule has 0 aliphatic carbocycles. The highest BCUT2D eigenvalue weighted by atomic mass is 35.5. The molecule has 0 bridgehead atoms. The number of fused-ring (bicyclic) bond motifs is 1. The lowest BCUT2D eigenvalue weighted by Gasteiger charge is -2.11. The van der Waals surface area contributed by atoms with E-state index in [0.29, 0.717) is 28.0 Å². The van der Waals surface area contributed by atoms with Crippen molar-refractivity contribution in [1.29, 1.82) is 0 Å². The minimum Gasteiger partial charge on any atom is -0.497 e. The fourth-order valence-electron chi connectivity index (χ4n) is 2.56. The van der Waals surface area contributed by atoms with Crippen molar-refractivity contribution in [3.63, 3.8) is 0 Å². The smallest absolute Gasteiger partial charge is 0.344 e. The molecule has 140 valence electrons. The van der Waals surface area contributed by atoms with Crippen molar-refractivity contribution in [3.8, 4) is 28.4 Å². The maximum Gasteiger partial charge on any atom is 0.344 e. The first-order chi connectivity index (χ1) is 12.9. The van der Waals surface area contributed by atoms with E-state index in [4.69, 9.17) is 30.2 Å². The van der Waals surface area contributed by atoms with Crippen LogP contribution in [0.15, 0.2) is 51.7 Å². The molecule has 1 unspecified atom stereocenters. The molecule has 0 amide bonds. The third-order valence-corrected chi connectivity index (χ3v) is 4.13. The quantitative estimate of drug-likeness (QED) is 0.284. The summed E-state index contributed by atoms with van der Waals surface area (Å²) in [5, 5.41) is -0.121. The average molecular weight is 389 g/mol. The molecule has 27 heavy (non-hydrogen) atoms. The van der Waals surface area contributed by atoms with Gasteiger partial charge in [0.25, 0.3) is 0 Å². The third kappa shape index (κ3) is 3.90. The molecule has 1 aromatic heterocycles. The molecule has 0 aliphatic heterocycles. The van der Waals surface area contributed by atoms with Crippen molar-refractivity contribution in [2.75, 3.05) is 14.2 Å². The Labute approximate surface area is 160 Å². The predicted molar refractivity (Wildman–Crippen MR) is 102 cm³/mol. The minimum absolute atomic E-state index is 0.245. The third-order valence-electron chi connectivity index (χ3n) is 3.95. The van der Waals surface area contributed by atoms with E-state index in [0.717, 1.165) is 0 Å². The molecule has 1 atom stereocenters. The molecule has 3 aromatic rings. The Morgan fingerprint density at radius 3 is 2.41 bits per heavy atom. The Balaban J connectivity index is 2.08. The van der Waals surface area contributed by atoms with Crippen molar-refractivity contribution in [2.24, 2.45) is 0 Å². The fourth-order valence-corrected chi connectivity index (χ4v) is 2.61. The summed E-state index contributed by atoms with van der Waals surface area (Å²) in [6.07, 6.45) is 0. The highest BCUT2D eigenvalue weighted by molar-refractivity contribution is 6.29. The maximum absolute atomic E-state index is 12.6.